The Bertz CT molecular complexity index is 440. The van der Waals surface area contributed by atoms with Crippen LogP contribution in [0.25, 0.3) is 0 Å². The molecular weight excluding hydrogens is 234 g/mol. The van der Waals surface area contributed by atoms with Crippen molar-refractivity contribution >= 4 is 11.8 Å². The zero-order valence-corrected chi connectivity index (χ0v) is 10.6. The maximum Gasteiger partial charge on any atom is 0.268 e. The largest absolute Gasteiger partial charge is 0.391 e. The molecule has 0 aliphatic rings. The molecule has 1 aromatic heterocycles. The molecule has 0 saturated carbocycles. The highest BCUT2D eigenvalue weighted by Gasteiger charge is 2.14. The second-order valence-corrected chi connectivity index (χ2v) is 4.24. The first-order valence-corrected chi connectivity index (χ1v) is 5.88. The van der Waals surface area contributed by atoms with E-state index >= 15 is 0 Å². The van der Waals surface area contributed by atoms with Gasteiger partial charge in [0, 0.05) is 19.8 Å². The van der Waals surface area contributed by atoms with E-state index < -0.39 is 12.0 Å². The third-order valence-corrected chi connectivity index (χ3v) is 2.64. The number of carbonyl (C=O) groups excluding carboxylic acids is 2. The molecule has 1 rings (SSSR count). The lowest BCUT2D eigenvalue weighted by atomic mass is 10.2. The number of nitrogens with two attached hydrogens (primary N) is 1. The smallest absolute Gasteiger partial charge is 0.268 e. The van der Waals surface area contributed by atoms with Gasteiger partial charge in [-0.05, 0) is 12.5 Å². The Morgan fingerprint density at radius 3 is 2.72 bits per heavy atom. The van der Waals surface area contributed by atoms with E-state index in [4.69, 9.17) is 5.73 Å². The third kappa shape index (κ3) is 3.59. The number of primary amides is 1. The van der Waals surface area contributed by atoms with E-state index in [2.05, 4.69) is 5.32 Å². The summed E-state index contributed by atoms with van der Waals surface area (Å²) < 4.78 is 1.53. The quantitative estimate of drug-likeness (QED) is 0.666. The number of aliphatic hydroxyl groups is 1. The predicted octanol–water partition coefficient (Wildman–Crippen LogP) is 0.0148. The summed E-state index contributed by atoms with van der Waals surface area (Å²) in [5.74, 6) is -0.907. The number of amides is 2. The molecule has 2 amide bonds. The van der Waals surface area contributed by atoms with E-state index in [0.717, 1.165) is 6.42 Å². The Morgan fingerprint density at radius 2 is 2.22 bits per heavy atom. The molecule has 1 heterocycles. The van der Waals surface area contributed by atoms with Gasteiger partial charge in [-0.3, -0.25) is 9.59 Å². The lowest BCUT2D eigenvalue weighted by Gasteiger charge is -2.10. The topological polar surface area (TPSA) is 97.3 Å². The molecule has 1 unspecified atom stereocenters. The first kappa shape index (κ1) is 14.2. The van der Waals surface area contributed by atoms with Gasteiger partial charge in [-0.2, -0.15) is 0 Å². The van der Waals surface area contributed by atoms with Gasteiger partial charge < -0.3 is 20.7 Å². The molecule has 1 aromatic rings. The van der Waals surface area contributed by atoms with Crippen LogP contribution in [-0.4, -0.2) is 34.1 Å². The van der Waals surface area contributed by atoms with Crippen LogP contribution >= 0.6 is 0 Å². The van der Waals surface area contributed by atoms with Crippen LogP contribution < -0.4 is 11.1 Å². The van der Waals surface area contributed by atoms with Gasteiger partial charge >= 0.3 is 0 Å². The Labute approximate surface area is 106 Å². The highest BCUT2D eigenvalue weighted by molar-refractivity contribution is 5.98. The molecule has 0 saturated heterocycles. The van der Waals surface area contributed by atoms with Crippen LogP contribution in [0.5, 0.6) is 0 Å². The normalized spacial score (nSPS) is 12.2. The summed E-state index contributed by atoms with van der Waals surface area (Å²) in [6, 6.07) is 1.43. The van der Waals surface area contributed by atoms with E-state index in [-0.39, 0.29) is 18.0 Å². The van der Waals surface area contributed by atoms with Gasteiger partial charge in [0.15, 0.2) is 0 Å². The molecule has 0 fully saturated rings. The minimum Gasteiger partial charge on any atom is -0.391 e. The van der Waals surface area contributed by atoms with Gasteiger partial charge in [-0.15, -0.1) is 0 Å². The second-order valence-electron chi connectivity index (χ2n) is 4.24. The number of aromatic nitrogens is 1. The summed E-state index contributed by atoms with van der Waals surface area (Å²) in [5, 5.41) is 12.1. The Hall–Kier alpha value is -1.82. The van der Waals surface area contributed by atoms with Crippen molar-refractivity contribution < 1.29 is 14.7 Å². The molecule has 100 valence electrons. The highest BCUT2D eigenvalue weighted by atomic mass is 16.3. The van der Waals surface area contributed by atoms with Crippen LogP contribution in [-0.2, 0) is 7.05 Å². The van der Waals surface area contributed by atoms with Crippen LogP contribution in [0.15, 0.2) is 12.3 Å². The summed E-state index contributed by atoms with van der Waals surface area (Å²) >= 11 is 0. The van der Waals surface area contributed by atoms with E-state index in [0.29, 0.717) is 12.1 Å². The molecule has 0 aliphatic heterocycles. The fraction of sp³-hybridized carbons (Fsp3) is 0.500. The van der Waals surface area contributed by atoms with Crippen molar-refractivity contribution in [3.63, 3.8) is 0 Å². The summed E-state index contributed by atoms with van der Waals surface area (Å²) in [6.07, 6.45) is 2.45. The number of aliphatic hydroxyl groups excluding tert-OH is 1. The molecule has 0 radical (unpaired) electrons. The first-order chi connectivity index (χ1) is 8.45. The maximum absolute atomic E-state index is 11.8. The van der Waals surface area contributed by atoms with Crippen LogP contribution in [0.1, 0.15) is 40.6 Å². The van der Waals surface area contributed by atoms with Gasteiger partial charge in [0.2, 0.25) is 5.91 Å². The Kier molecular flexibility index (Phi) is 4.91. The SMILES string of the molecule is CCCC(O)CNC(=O)c1cc(C(N)=O)cn1C. The summed E-state index contributed by atoms with van der Waals surface area (Å²) in [6.45, 7) is 2.16. The highest BCUT2D eigenvalue weighted by Crippen LogP contribution is 2.06. The van der Waals surface area contributed by atoms with Crippen molar-refractivity contribution in [1.29, 1.82) is 0 Å². The van der Waals surface area contributed by atoms with Crippen molar-refractivity contribution in [2.45, 2.75) is 25.9 Å². The lowest BCUT2D eigenvalue weighted by molar-refractivity contribution is 0.0902. The van der Waals surface area contributed by atoms with Crippen molar-refractivity contribution in [3.8, 4) is 0 Å². The predicted molar refractivity (Wildman–Crippen MR) is 67.2 cm³/mol. The van der Waals surface area contributed by atoms with Gasteiger partial charge in [0.25, 0.3) is 5.91 Å². The molecule has 0 spiro atoms. The number of rotatable bonds is 6. The van der Waals surface area contributed by atoms with Gasteiger partial charge in [0.1, 0.15) is 5.69 Å². The van der Waals surface area contributed by atoms with Crippen molar-refractivity contribution in [2.24, 2.45) is 12.8 Å². The molecule has 18 heavy (non-hydrogen) atoms. The van der Waals surface area contributed by atoms with E-state index in [9.17, 15) is 14.7 Å². The molecule has 0 aromatic carbocycles. The molecule has 6 heteroatoms. The van der Waals surface area contributed by atoms with Crippen molar-refractivity contribution in [1.82, 2.24) is 9.88 Å². The minimum atomic E-state index is -0.573. The second kappa shape index (κ2) is 6.20. The van der Waals surface area contributed by atoms with Crippen LogP contribution in [0.3, 0.4) is 0 Å². The molecule has 6 nitrogen and oxygen atoms in total. The monoisotopic (exact) mass is 253 g/mol. The number of hydrogen-bond donors (Lipinski definition) is 3. The number of carbonyl (C=O) groups is 2. The first-order valence-electron chi connectivity index (χ1n) is 5.88. The molecular formula is C12H19N3O3. The zero-order chi connectivity index (χ0) is 13.7. The standard InChI is InChI=1S/C12H19N3O3/c1-3-4-9(16)6-14-12(18)10-5-8(11(13)17)7-15(10)2/h5,7,9,16H,3-4,6H2,1-2H3,(H2,13,17)(H,14,18). The van der Waals surface area contributed by atoms with Crippen molar-refractivity contribution in [3.05, 3.63) is 23.5 Å². The van der Waals surface area contributed by atoms with Gasteiger partial charge in [-0.1, -0.05) is 13.3 Å². The lowest BCUT2D eigenvalue weighted by Crippen LogP contribution is -2.32. The number of aryl methyl sites for hydroxylation is 1. The van der Waals surface area contributed by atoms with Gasteiger partial charge in [0.05, 0.1) is 11.7 Å². The van der Waals surface area contributed by atoms with Crippen LogP contribution in [0.4, 0.5) is 0 Å². The molecule has 1 atom stereocenters. The van der Waals surface area contributed by atoms with Crippen LogP contribution in [0, 0.1) is 0 Å². The zero-order valence-electron chi connectivity index (χ0n) is 10.6. The Balaban J connectivity index is 2.64. The number of nitrogens with one attached hydrogen (secondary N) is 1. The number of nitrogens with zero attached hydrogens (tertiary/aromatic N) is 1. The maximum atomic E-state index is 11.8. The summed E-state index contributed by atoms with van der Waals surface area (Å²) in [5.41, 5.74) is 5.76. The average molecular weight is 253 g/mol. The van der Waals surface area contributed by atoms with E-state index in [1.54, 1.807) is 7.05 Å². The van der Waals surface area contributed by atoms with E-state index in [1.807, 2.05) is 6.92 Å². The molecule has 0 bridgehead atoms. The van der Waals surface area contributed by atoms with Crippen LogP contribution in [0.2, 0.25) is 0 Å². The third-order valence-electron chi connectivity index (χ3n) is 2.64. The van der Waals surface area contributed by atoms with Crippen molar-refractivity contribution in [2.75, 3.05) is 6.54 Å². The fourth-order valence-corrected chi connectivity index (χ4v) is 1.66. The summed E-state index contributed by atoms with van der Waals surface area (Å²) in [4.78, 5) is 22.8. The van der Waals surface area contributed by atoms with Gasteiger partial charge in [-0.25, -0.2) is 0 Å². The molecule has 0 aliphatic carbocycles. The Morgan fingerprint density at radius 1 is 1.56 bits per heavy atom. The molecule has 4 N–H and O–H groups in total. The average Bonchev–Trinajstić information content (AvgIpc) is 2.69. The summed E-state index contributed by atoms with van der Waals surface area (Å²) in [7, 11) is 1.66. The fourth-order valence-electron chi connectivity index (χ4n) is 1.66. The van der Waals surface area contributed by atoms with E-state index in [1.165, 1.54) is 16.8 Å². The number of hydrogen-bond acceptors (Lipinski definition) is 3. The minimum absolute atomic E-state index is 0.198.